The van der Waals surface area contributed by atoms with Crippen LogP contribution in [0.25, 0.3) is 0 Å². The highest BCUT2D eigenvalue weighted by Crippen LogP contribution is 2.28. The van der Waals surface area contributed by atoms with Crippen LogP contribution < -0.4 is 10.2 Å². The number of nitro benzene ring substituents is 1. The Morgan fingerprint density at radius 2 is 1.89 bits per heavy atom. The molecular weight excluding hydrogens is 366 g/mol. The van der Waals surface area contributed by atoms with Crippen LogP contribution in [0.1, 0.15) is 26.3 Å². The molecule has 9 nitrogen and oxygen atoms in total. The predicted octanol–water partition coefficient (Wildman–Crippen LogP) is 2.69. The van der Waals surface area contributed by atoms with Crippen molar-refractivity contribution in [2.75, 3.05) is 36.5 Å². The van der Waals surface area contributed by atoms with Crippen LogP contribution in [0.5, 0.6) is 0 Å². The van der Waals surface area contributed by atoms with Crippen molar-refractivity contribution in [2.45, 2.75) is 6.92 Å². The molecule has 146 valence electrons. The predicted molar refractivity (Wildman–Crippen MR) is 102 cm³/mol. The topological polar surface area (TPSA) is 122 Å². The van der Waals surface area contributed by atoms with E-state index in [0.717, 1.165) is 0 Å². The fraction of sp³-hybridized carbons (Fsp3) is 0.263. The van der Waals surface area contributed by atoms with Crippen LogP contribution in [0, 0.1) is 17.0 Å². The van der Waals surface area contributed by atoms with Crippen LogP contribution in [0.2, 0.25) is 0 Å². The summed E-state index contributed by atoms with van der Waals surface area (Å²) in [5.41, 5.74) is 1.57. The molecular formula is C19H19N3O6. The molecule has 2 N–H and O–H groups in total. The number of rotatable bonds is 5. The second kappa shape index (κ2) is 8.05. The monoisotopic (exact) mass is 385 g/mol. The number of carbonyl (C=O) groups is 2. The molecule has 0 aliphatic carbocycles. The highest BCUT2D eigenvalue weighted by atomic mass is 16.6. The standard InChI is InChI=1S/C19H19N3O6/c1-12-2-3-13(19(24)25)10-16(12)20-18(23)15-11-14(22(26)27)4-5-17(15)21-6-8-28-9-7-21/h2-5,10-11H,6-9H2,1H3,(H,20,23)(H,24,25). The summed E-state index contributed by atoms with van der Waals surface area (Å²) in [4.78, 5) is 36.7. The molecule has 9 heteroatoms. The number of morpholine rings is 1. The summed E-state index contributed by atoms with van der Waals surface area (Å²) in [5, 5.41) is 23.0. The second-order valence-corrected chi connectivity index (χ2v) is 6.35. The van der Waals surface area contributed by atoms with Crippen LogP contribution in [-0.2, 0) is 4.74 Å². The number of nitro groups is 1. The first-order chi connectivity index (χ1) is 13.4. The smallest absolute Gasteiger partial charge is 0.335 e. The van der Waals surface area contributed by atoms with Gasteiger partial charge in [0.25, 0.3) is 11.6 Å². The Morgan fingerprint density at radius 1 is 1.18 bits per heavy atom. The van der Waals surface area contributed by atoms with Gasteiger partial charge in [0.05, 0.1) is 35.0 Å². The summed E-state index contributed by atoms with van der Waals surface area (Å²) in [7, 11) is 0. The number of hydrogen-bond donors (Lipinski definition) is 2. The van der Waals surface area contributed by atoms with E-state index in [4.69, 9.17) is 9.84 Å². The molecule has 1 amide bonds. The fourth-order valence-electron chi connectivity index (χ4n) is 2.98. The summed E-state index contributed by atoms with van der Waals surface area (Å²) in [6.45, 7) is 3.85. The highest BCUT2D eigenvalue weighted by Gasteiger charge is 2.22. The summed E-state index contributed by atoms with van der Waals surface area (Å²) in [6.07, 6.45) is 0. The number of aryl methyl sites for hydroxylation is 1. The zero-order chi connectivity index (χ0) is 20.3. The lowest BCUT2D eigenvalue weighted by atomic mass is 10.1. The number of nitrogens with one attached hydrogen (secondary N) is 1. The molecule has 1 heterocycles. The maximum absolute atomic E-state index is 12.9. The summed E-state index contributed by atoms with van der Waals surface area (Å²) in [5.74, 6) is -1.66. The van der Waals surface area contributed by atoms with Gasteiger partial charge in [0.15, 0.2) is 0 Å². The molecule has 3 rings (SSSR count). The number of carboxylic acid groups (broad SMARTS) is 1. The molecule has 0 saturated carbocycles. The molecule has 0 bridgehead atoms. The Labute approximate surface area is 160 Å². The molecule has 28 heavy (non-hydrogen) atoms. The zero-order valence-electron chi connectivity index (χ0n) is 15.2. The van der Waals surface area contributed by atoms with Crippen molar-refractivity contribution in [3.8, 4) is 0 Å². The molecule has 0 unspecified atom stereocenters. The van der Waals surface area contributed by atoms with E-state index in [-0.39, 0.29) is 16.8 Å². The number of amides is 1. The van der Waals surface area contributed by atoms with Gasteiger partial charge in [0.2, 0.25) is 0 Å². The lowest BCUT2D eigenvalue weighted by molar-refractivity contribution is -0.384. The first-order valence-corrected chi connectivity index (χ1v) is 8.63. The molecule has 2 aromatic rings. The molecule has 0 radical (unpaired) electrons. The quantitative estimate of drug-likeness (QED) is 0.599. The minimum absolute atomic E-state index is 0.0355. The van der Waals surface area contributed by atoms with Gasteiger partial charge in [-0.05, 0) is 30.7 Å². The van der Waals surface area contributed by atoms with Crippen molar-refractivity contribution in [1.29, 1.82) is 0 Å². The maximum atomic E-state index is 12.9. The highest BCUT2D eigenvalue weighted by molar-refractivity contribution is 6.09. The molecule has 1 aliphatic heterocycles. The number of carboxylic acids is 1. The van der Waals surface area contributed by atoms with Crippen LogP contribution in [0.4, 0.5) is 17.1 Å². The molecule has 1 fully saturated rings. The van der Waals surface area contributed by atoms with E-state index >= 15 is 0 Å². The van der Waals surface area contributed by atoms with Crippen molar-refractivity contribution < 1.29 is 24.4 Å². The molecule has 1 aliphatic rings. The van der Waals surface area contributed by atoms with Gasteiger partial charge in [-0.3, -0.25) is 14.9 Å². The third-order valence-corrected chi connectivity index (χ3v) is 4.52. The second-order valence-electron chi connectivity index (χ2n) is 6.35. The van der Waals surface area contributed by atoms with E-state index in [1.54, 1.807) is 19.1 Å². The van der Waals surface area contributed by atoms with Gasteiger partial charge < -0.3 is 20.1 Å². The van der Waals surface area contributed by atoms with Gasteiger partial charge in [0, 0.05) is 30.9 Å². The number of carbonyl (C=O) groups excluding carboxylic acids is 1. The van der Waals surface area contributed by atoms with Gasteiger partial charge in [-0.2, -0.15) is 0 Å². The van der Waals surface area contributed by atoms with Crippen LogP contribution >= 0.6 is 0 Å². The number of ether oxygens (including phenoxy) is 1. The summed E-state index contributed by atoms with van der Waals surface area (Å²) in [6, 6.07) is 8.55. The van der Waals surface area contributed by atoms with Crippen molar-refractivity contribution in [2.24, 2.45) is 0 Å². The average Bonchev–Trinajstić information content (AvgIpc) is 2.69. The van der Waals surface area contributed by atoms with Crippen molar-refractivity contribution in [3.63, 3.8) is 0 Å². The van der Waals surface area contributed by atoms with Crippen molar-refractivity contribution >= 4 is 28.9 Å². The van der Waals surface area contributed by atoms with Crippen molar-refractivity contribution in [1.82, 2.24) is 0 Å². The summed E-state index contributed by atoms with van der Waals surface area (Å²) >= 11 is 0. The normalized spacial score (nSPS) is 13.8. The molecule has 1 saturated heterocycles. The fourth-order valence-corrected chi connectivity index (χ4v) is 2.98. The Hall–Kier alpha value is -3.46. The van der Waals surface area contributed by atoms with E-state index < -0.39 is 16.8 Å². The van der Waals surface area contributed by atoms with E-state index in [0.29, 0.717) is 43.2 Å². The van der Waals surface area contributed by atoms with E-state index in [2.05, 4.69) is 5.32 Å². The number of benzene rings is 2. The minimum atomic E-state index is -1.11. The lowest BCUT2D eigenvalue weighted by Gasteiger charge is -2.30. The Bertz CT molecular complexity index is 937. The number of anilines is 2. The molecule has 2 aromatic carbocycles. The first-order valence-electron chi connectivity index (χ1n) is 8.63. The van der Waals surface area contributed by atoms with Gasteiger partial charge >= 0.3 is 5.97 Å². The third kappa shape index (κ3) is 4.09. The number of aromatic carboxylic acids is 1. The zero-order valence-corrected chi connectivity index (χ0v) is 15.2. The van der Waals surface area contributed by atoms with Gasteiger partial charge in [-0.15, -0.1) is 0 Å². The lowest BCUT2D eigenvalue weighted by Crippen LogP contribution is -2.37. The molecule has 0 atom stereocenters. The Kier molecular flexibility index (Phi) is 5.55. The van der Waals surface area contributed by atoms with Gasteiger partial charge in [-0.1, -0.05) is 6.07 Å². The van der Waals surface area contributed by atoms with Gasteiger partial charge in [-0.25, -0.2) is 4.79 Å². The third-order valence-electron chi connectivity index (χ3n) is 4.52. The van der Waals surface area contributed by atoms with Gasteiger partial charge in [0.1, 0.15) is 0 Å². The summed E-state index contributed by atoms with van der Waals surface area (Å²) < 4.78 is 5.32. The molecule has 0 aromatic heterocycles. The number of hydrogen-bond acceptors (Lipinski definition) is 6. The van der Waals surface area contributed by atoms with E-state index in [9.17, 15) is 19.7 Å². The van der Waals surface area contributed by atoms with Crippen LogP contribution in [-0.4, -0.2) is 48.2 Å². The number of nitrogens with zero attached hydrogens (tertiary/aromatic N) is 2. The van der Waals surface area contributed by atoms with Crippen LogP contribution in [0.15, 0.2) is 36.4 Å². The number of non-ortho nitro benzene ring substituents is 1. The van der Waals surface area contributed by atoms with E-state index in [1.165, 1.54) is 24.3 Å². The van der Waals surface area contributed by atoms with Crippen molar-refractivity contribution in [3.05, 3.63) is 63.2 Å². The largest absolute Gasteiger partial charge is 0.478 e. The Morgan fingerprint density at radius 3 is 2.54 bits per heavy atom. The maximum Gasteiger partial charge on any atom is 0.335 e. The minimum Gasteiger partial charge on any atom is -0.478 e. The van der Waals surface area contributed by atoms with Crippen LogP contribution in [0.3, 0.4) is 0 Å². The molecule has 0 spiro atoms. The SMILES string of the molecule is Cc1ccc(C(=O)O)cc1NC(=O)c1cc([N+](=O)[O-])ccc1N1CCOCC1. The first kappa shape index (κ1) is 19.3. The van der Waals surface area contributed by atoms with E-state index in [1.807, 2.05) is 4.90 Å². The Balaban J connectivity index is 1.97. The average molecular weight is 385 g/mol.